The first kappa shape index (κ1) is 21.4. The molecule has 0 spiro atoms. The molecule has 1 aliphatic heterocycles. The maximum absolute atomic E-state index is 5.71. The second kappa shape index (κ2) is 11.0. The van der Waals surface area contributed by atoms with Crippen LogP contribution in [0.1, 0.15) is 18.9 Å². The van der Waals surface area contributed by atoms with E-state index in [2.05, 4.69) is 47.5 Å². The van der Waals surface area contributed by atoms with Crippen molar-refractivity contribution in [3.05, 3.63) is 42.0 Å². The molecule has 6 heteroatoms. The van der Waals surface area contributed by atoms with Gasteiger partial charge in [0.05, 0.1) is 33.5 Å². The van der Waals surface area contributed by atoms with Crippen molar-refractivity contribution in [2.75, 3.05) is 53.7 Å². The van der Waals surface area contributed by atoms with Crippen molar-refractivity contribution in [1.29, 1.82) is 0 Å². The Kier molecular flexibility index (Phi) is 8.14. The zero-order valence-electron chi connectivity index (χ0n) is 17.8. The van der Waals surface area contributed by atoms with E-state index in [1.54, 1.807) is 14.2 Å². The van der Waals surface area contributed by atoms with Crippen LogP contribution in [-0.4, -0.2) is 64.5 Å². The molecule has 0 aromatic heterocycles. The molecule has 29 heavy (non-hydrogen) atoms. The molecule has 6 nitrogen and oxygen atoms in total. The summed E-state index contributed by atoms with van der Waals surface area (Å²) in [5.41, 5.74) is 1.21. The summed E-state index contributed by atoms with van der Waals surface area (Å²) >= 11 is 0. The van der Waals surface area contributed by atoms with E-state index in [0.717, 1.165) is 44.4 Å². The highest BCUT2D eigenvalue weighted by Gasteiger charge is 2.24. The number of rotatable bonds is 9. The molecule has 1 heterocycles. The summed E-state index contributed by atoms with van der Waals surface area (Å²) < 4.78 is 16.1. The Morgan fingerprint density at radius 3 is 2.76 bits per heavy atom. The summed E-state index contributed by atoms with van der Waals surface area (Å²) in [5, 5.41) is 5.83. The van der Waals surface area contributed by atoms with Gasteiger partial charge < -0.3 is 24.4 Å². The molecule has 3 rings (SSSR count). The number of benzene rings is 2. The van der Waals surface area contributed by atoms with Crippen molar-refractivity contribution in [2.45, 2.75) is 19.9 Å². The predicted octanol–water partition coefficient (Wildman–Crippen LogP) is 3.30. The van der Waals surface area contributed by atoms with Gasteiger partial charge >= 0.3 is 0 Å². The molecule has 1 unspecified atom stereocenters. The highest BCUT2D eigenvalue weighted by atomic mass is 16.5. The molecule has 0 aliphatic carbocycles. The van der Waals surface area contributed by atoms with Gasteiger partial charge in [0.25, 0.3) is 0 Å². The Hall–Kier alpha value is -2.31. The molecule has 0 radical (unpaired) electrons. The third-order valence-corrected chi connectivity index (χ3v) is 5.23. The van der Waals surface area contributed by atoms with Crippen molar-refractivity contribution in [3.8, 4) is 5.75 Å². The van der Waals surface area contributed by atoms with Crippen molar-refractivity contribution in [3.63, 3.8) is 0 Å². The number of fused-ring (bicyclic) bond motifs is 1. The first-order chi connectivity index (χ1) is 14.2. The van der Waals surface area contributed by atoms with Crippen LogP contribution < -0.4 is 10.1 Å². The molecule has 158 valence electrons. The van der Waals surface area contributed by atoms with Crippen LogP contribution in [0.5, 0.6) is 5.75 Å². The highest BCUT2D eigenvalue weighted by molar-refractivity contribution is 5.85. The van der Waals surface area contributed by atoms with Crippen LogP contribution in [0.3, 0.4) is 0 Å². The second-order valence-electron chi connectivity index (χ2n) is 7.39. The Balaban J connectivity index is 1.61. The molecule has 1 N–H and O–H groups in total. The van der Waals surface area contributed by atoms with Crippen LogP contribution in [0, 0.1) is 5.92 Å². The molecule has 0 saturated carbocycles. The van der Waals surface area contributed by atoms with Crippen LogP contribution in [0.2, 0.25) is 0 Å². The lowest BCUT2D eigenvalue weighted by Crippen LogP contribution is -2.40. The fourth-order valence-electron chi connectivity index (χ4n) is 3.64. The van der Waals surface area contributed by atoms with Crippen molar-refractivity contribution in [1.82, 2.24) is 10.2 Å². The molecule has 1 saturated heterocycles. The minimum Gasteiger partial charge on any atom is -0.497 e. The average Bonchev–Trinajstić information content (AvgIpc) is 3.22. The molecular formula is C23H33N3O3. The predicted molar refractivity (Wildman–Crippen MR) is 118 cm³/mol. The van der Waals surface area contributed by atoms with Crippen molar-refractivity contribution >= 4 is 16.7 Å². The first-order valence-electron chi connectivity index (χ1n) is 10.4. The first-order valence-corrected chi connectivity index (χ1v) is 10.4. The Morgan fingerprint density at radius 1 is 1.14 bits per heavy atom. The summed E-state index contributed by atoms with van der Waals surface area (Å²) in [7, 11) is 3.40. The van der Waals surface area contributed by atoms with Gasteiger partial charge in [-0.1, -0.05) is 18.2 Å². The van der Waals surface area contributed by atoms with E-state index in [1.807, 2.05) is 6.07 Å². The molecule has 1 aliphatic rings. The highest BCUT2D eigenvalue weighted by Crippen LogP contribution is 2.22. The average molecular weight is 400 g/mol. The van der Waals surface area contributed by atoms with Gasteiger partial charge in [-0.25, -0.2) is 4.99 Å². The standard InChI is InChI=1S/C23H33N3O3/c1-4-24-23(26-10-9-19(16-26)17-29-12-11-27-2)25-15-18-5-6-21-14-22(28-3)8-7-20(21)13-18/h5-8,13-14,19H,4,9-12,15-17H2,1-3H3,(H,24,25). The van der Waals surface area contributed by atoms with Gasteiger partial charge in [0, 0.05) is 32.7 Å². The van der Waals surface area contributed by atoms with E-state index in [0.29, 0.717) is 25.7 Å². The Labute approximate surface area is 173 Å². The monoisotopic (exact) mass is 399 g/mol. The normalized spacial score (nSPS) is 17.1. The number of hydrogen-bond acceptors (Lipinski definition) is 4. The minimum absolute atomic E-state index is 0.548. The fourth-order valence-corrected chi connectivity index (χ4v) is 3.64. The molecule has 0 bridgehead atoms. The second-order valence-corrected chi connectivity index (χ2v) is 7.39. The maximum atomic E-state index is 5.71. The molecular weight excluding hydrogens is 366 g/mol. The van der Waals surface area contributed by atoms with Gasteiger partial charge in [0.1, 0.15) is 5.75 Å². The summed E-state index contributed by atoms with van der Waals surface area (Å²) in [6, 6.07) is 12.6. The number of guanidine groups is 1. The third-order valence-electron chi connectivity index (χ3n) is 5.23. The Bertz CT molecular complexity index is 809. The third kappa shape index (κ3) is 6.08. The molecule has 1 fully saturated rings. The van der Waals surface area contributed by atoms with Gasteiger partial charge in [-0.2, -0.15) is 0 Å². The summed E-state index contributed by atoms with van der Waals surface area (Å²) in [6.07, 6.45) is 1.13. The zero-order valence-corrected chi connectivity index (χ0v) is 17.8. The lowest BCUT2D eigenvalue weighted by atomic mass is 10.1. The number of methoxy groups -OCH3 is 2. The topological polar surface area (TPSA) is 55.3 Å². The van der Waals surface area contributed by atoms with Gasteiger partial charge in [-0.3, -0.25) is 0 Å². The number of aliphatic imine (C=N–C) groups is 1. The van der Waals surface area contributed by atoms with Crippen molar-refractivity contribution < 1.29 is 14.2 Å². The quantitative estimate of drug-likeness (QED) is 0.398. The van der Waals surface area contributed by atoms with E-state index >= 15 is 0 Å². The lowest BCUT2D eigenvalue weighted by Gasteiger charge is -2.21. The number of likely N-dealkylation sites (tertiary alicyclic amines) is 1. The maximum Gasteiger partial charge on any atom is 0.194 e. The van der Waals surface area contributed by atoms with E-state index in [9.17, 15) is 0 Å². The molecule has 0 amide bonds. The fraction of sp³-hybridized carbons (Fsp3) is 0.522. The van der Waals surface area contributed by atoms with Crippen LogP contribution in [-0.2, 0) is 16.0 Å². The number of nitrogens with zero attached hydrogens (tertiary/aromatic N) is 2. The Morgan fingerprint density at radius 2 is 1.97 bits per heavy atom. The van der Waals surface area contributed by atoms with E-state index in [-0.39, 0.29) is 0 Å². The SMILES string of the molecule is CCNC(=NCc1ccc2cc(OC)ccc2c1)N1CCC(COCCOC)C1. The van der Waals surface area contributed by atoms with Gasteiger partial charge in [0.2, 0.25) is 0 Å². The van der Waals surface area contributed by atoms with E-state index in [4.69, 9.17) is 19.2 Å². The molecule has 1 atom stereocenters. The summed E-state index contributed by atoms with van der Waals surface area (Å²) in [4.78, 5) is 7.24. The summed E-state index contributed by atoms with van der Waals surface area (Å²) in [6.45, 7) is 7.73. The van der Waals surface area contributed by atoms with E-state index < -0.39 is 0 Å². The largest absolute Gasteiger partial charge is 0.497 e. The van der Waals surface area contributed by atoms with Crippen LogP contribution in [0.15, 0.2) is 41.4 Å². The van der Waals surface area contributed by atoms with Gasteiger partial charge in [-0.15, -0.1) is 0 Å². The van der Waals surface area contributed by atoms with Gasteiger partial charge in [0.15, 0.2) is 5.96 Å². The minimum atomic E-state index is 0.548. The number of hydrogen-bond donors (Lipinski definition) is 1. The summed E-state index contributed by atoms with van der Waals surface area (Å²) in [5.74, 6) is 2.42. The van der Waals surface area contributed by atoms with Crippen LogP contribution >= 0.6 is 0 Å². The lowest BCUT2D eigenvalue weighted by molar-refractivity contribution is 0.0536. The number of nitrogens with one attached hydrogen (secondary N) is 1. The molecule has 2 aromatic rings. The molecule has 2 aromatic carbocycles. The van der Waals surface area contributed by atoms with Gasteiger partial charge in [-0.05, 0) is 47.9 Å². The smallest absolute Gasteiger partial charge is 0.194 e. The zero-order chi connectivity index (χ0) is 20.5. The number of ether oxygens (including phenoxy) is 3. The van der Waals surface area contributed by atoms with Crippen LogP contribution in [0.25, 0.3) is 10.8 Å². The van der Waals surface area contributed by atoms with E-state index in [1.165, 1.54) is 16.3 Å². The van der Waals surface area contributed by atoms with Crippen LogP contribution in [0.4, 0.5) is 0 Å². The van der Waals surface area contributed by atoms with Crippen molar-refractivity contribution in [2.24, 2.45) is 10.9 Å².